The van der Waals surface area contributed by atoms with E-state index in [0.717, 1.165) is 25.1 Å². The highest BCUT2D eigenvalue weighted by Gasteiger charge is 2.13. The van der Waals surface area contributed by atoms with Crippen molar-refractivity contribution in [1.29, 1.82) is 0 Å². The van der Waals surface area contributed by atoms with Crippen molar-refractivity contribution in [3.8, 4) is 5.75 Å². The smallest absolute Gasteiger partial charge is 0.138 e. The van der Waals surface area contributed by atoms with Crippen LogP contribution in [-0.2, 0) is 19.8 Å². The van der Waals surface area contributed by atoms with Crippen molar-refractivity contribution in [1.82, 2.24) is 15.0 Å². The van der Waals surface area contributed by atoms with Gasteiger partial charge in [-0.05, 0) is 18.6 Å². The standard InChI is InChI=1S/C14H18ClN3O2/c1-2-3-8-18-13(12(9-19)16-17-18)10-20-14-7-5-4-6-11(14)15/h4-7,19H,2-3,8-10H2,1H3. The number of nitrogens with zero attached hydrogens (tertiary/aromatic N) is 3. The molecule has 0 amide bonds. The number of rotatable bonds is 7. The molecule has 1 N–H and O–H groups in total. The van der Waals surface area contributed by atoms with Crippen molar-refractivity contribution < 1.29 is 9.84 Å². The van der Waals surface area contributed by atoms with Crippen LogP contribution in [-0.4, -0.2) is 20.1 Å². The predicted octanol–water partition coefficient (Wildman–Crippen LogP) is 2.80. The SMILES string of the molecule is CCCCn1nnc(CO)c1COc1ccccc1Cl. The number of halogens is 1. The van der Waals surface area contributed by atoms with Gasteiger partial charge in [0.1, 0.15) is 23.7 Å². The number of aliphatic hydroxyl groups excluding tert-OH is 1. The predicted molar refractivity (Wildman–Crippen MR) is 76.6 cm³/mol. The van der Waals surface area contributed by atoms with E-state index in [0.29, 0.717) is 16.5 Å². The van der Waals surface area contributed by atoms with E-state index >= 15 is 0 Å². The molecular weight excluding hydrogens is 278 g/mol. The Balaban J connectivity index is 2.11. The first kappa shape index (κ1) is 14.8. The Hall–Kier alpha value is -1.59. The highest BCUT2D eigenvalue weighted by Crippen LogP contribution is 2.24. The van der Waals surface area contributed by atoms with E-state index in [4.69, 9.17) is 16.3 Å². The first-order valence-electron chi connectivity index (χ1n) is 6.65. The topological polar surface area (TPSA) is 60.2 Å². The van der Waals surface area contributed by atoms with Crippen LogP contribution < -0.4 is 4.74 Å². The van der Waals surface area contributed by atoms with Crippen molar-refractivity contribution in [3.63, 3.8) is 0 Å². The second-order valence-electron chi connectivity index (χ2n) is 4.44. The summed E-state index contributed by atoms with van der Waals surface area (Å²) in [6.45, 7) is 3.03. The van der Waals surface area contributed by atoms with E-state index in [1.54, 1.807) is 16.8 Å². The van der Waals surface area contributed by atoms with Crippen molar-refractivity contribution >= 4 is 11.6 Å². The molecule has 5 nitrogen and oxygen atoms in total. The second kappa shape index (κ2) is 7.26. The Morgan fingerprint density at radius 1 is 1.35 bits per heavy atom. The molecule has 6 heteroatoms. The van der Waals surface area contributed by atoms with Gasteiger partial charge in [-0.15, -0.1) is 5.10 Å². The lowest BCUT2D eigenvalue weighted by Gasteiger charge is -2.10. The zero-order valence-electron chi connectivity index (χ0n) is 11.4. The number of hydrogen-bond donors (Lipinski definition) is 1. The molecule has 0 saturated carbocycles. The summed E-state index contributed by atoms with van der Waals surface area (Å²) >= 11 is 6.05. The van der Waals surface area contributed by atoms with Gasteiger partial charge < -0.3 is 9.84 Å². The summed E-state index contributed by atoms with van der Waals surface area (Å²) < 4.78 is 7.48. The molecule has 0 radical (unpaired) electrons. The minimum atomic E-state index is -0.145. The molecular formula is C14H18ClN3O2. The first-order valence-corrected chi connectivity index (χ1v) is 7.03. The summed E-state index contributed by atoms with van der Waals surface area (Å²) in [4.78, 5) is 0. The average Bonchev–Trinajstić information content (AvgIpc) is 2.86. The van der Waals surface area contributed by atoms with Gasteiger partial charge in [0.25, 0.3) is 0 Å². The van der Waals surface area contributed by atoms with Gasteiger partial charge in [-0.25, -0.2) is 4.68 Å². The maximum atomic E-state index is 9.31. The number of hydrogen-bond acceptors (Lipinski definition) is 4. The minimum Gasteiger partial charge on any atom is -0.486 e. The summed E-state index contributed by atoms with van der Waals surface area (Å²) in [5.41, 5.74) is 1.34. The van der Waals surface area contributed by atoms with Gasteiger partial charge in [-0.2, -0.15) is 0 Å². The van der Waals surface area contributed by atoms with Gasteiger partial charge in [0.15, 0.2) is 0 Å². The summed E-state index contributed by atoms with van der Waals surface area (Å²) in [7, 11) is 0. The fourth-order valence-corrected chi connectivity index (χ4v) is 2.04. The maximum Gasteiger partial charge on any atom is 0.138 e. The Morgan fingerprint density at radius 3 is 2.85 bits per heavy atom. The van der Waals surface area contributed by atoms with E-state index < -0.39 is 0 Å². The van der Waals surface area contributed by atoms with Crippen LogP contribution in [0.3, 0.4) is 0 Å². The van der Waals surface area contributed by atoms with Crippen LogP contribution in [0.15, 0.2) is 24.3 Å². The van der Waals surface area contributed by atoms with E-state index in [9.17, 15) is 5.11 Å². The molecule has 0 aliphatic rings. The first-order chi connectivity index (χ1) is 9.76. The number of benzene rings is 1. The third-order valence-electron chi connectivity index (χ3n) is 2.99. The molecule has 0 fully saturated rings. The molecule has 1 aromatic carbocycles. The van der Waals surface area contributed by atoms with Crippen LogP contribution in [0.4, 0.5) is 0 Å². The maximum absolute atomic E-state index is 9.31. The second-order valence-corrected chi connectivity index (χ2v) is 4.84. The normalized spacial score (nSPS) is 10.8. The van der Waals surface area contributed by atoms with E-state index in [1.807, 2.05) is 12.1 Å². The largest absolute Gasteiger partial charge is 0.486 e. The van der Waals surface area contributed by atoms with E-state index in [-0.39, 0.29) is 13.2 Å². The summed E-state index contributed by atoms with van der Waals surface area (Å²) in [6, 6.07) is 7.29. The lowest BCUT2D eigenvalue weighted by molar-refractivity contribution is 0.261. The highest BCUT2D eigenvalue weighted by molar-refractivity contribution is 6.32. The molecule has 0 bridgehead atoms. The molecule has 0 saturated heterocycles. The fourth-order valence-electron chi connectivity index (χ4n) is 1.84. The number of aryl methyl sites for hydroxylation is 1. The van der Waals surface area contributed by atoms with Crippen LogP contribution in [0.1, 0.15) is 31.2 Å². The number of unbranched alkanes of at least 4 members (excludes halogenated alkanes) is 1. The third kappa shape index (κ3) is 3.49. The third-order valence-corrected chi connectivity index (χ3v) is 3.30. The van der Waals surface area contributed by atoms with Crippen LogP contribution in [0.2, 0.25) is 5.02 Å². The lowest BCUT2D eigenvalue weighted by atomic mass is 10.3. The van der Waals surface area contributed by atoms with Crippen LogP contribution >= 0.6 is 11.6 Å². The number of aromatic nitrogens is 3. The molecule has 1 heterocycles. The van der Waals surface area contributed by atoms with Gasteiger partial charge in [0.05, 0.1) is 11.6 Å². The molecule has 0 spiro atoms. The molecule has 0 aliphatic heterocycles. The van der Waals surface area contributed by atoms with Crippen LogP contribution in [0.25, 0.3) is 0 Å². The number of para-hydroxylation sites is 1. The van der Waals surface area contributed by atoms with Crippen molar-refractivity contribution in [3.05, 3.63) is 40.7 Å². The van der Waals surface area contributed by atoms with Crippen LogP contribution in [0.5, 0.6) is 5.75 Å². The highest BCUT2D eigenvalue weighted by atomic mass is 35.5. The van der Waals surface area contributed by atoms with Gasteiger partial charge in [0, 0.05) is 6.54 Å². The molecule has 1 aromatic heterocycles. The zero-order valence-corrected chi connectivity index (χ0v) is 12.2. The average molecular weight is 296 g/mol. The lowest BCUT2D eigenvalue weighted by Crippen LogP contribution is -2.09. The summed E-state index contributed by atoms with van der Waals surface area (Å²) in [5.74, 6) is 0.612. The summed E-state index contributed by atoms with van der Waals surface area (Å²) in [5, 5.41) is 17.9. The van der Waals surface area contributed by atoms with E-state index in [1.165, 1.54) is 0 Å². The minimum absolute atomic E-state index is 0.145. The Morgan fingerprint density at radius 2 is 2.15 bits per heavy atom. The molecule has 2 aromatic rings. The number of ether oxygens (including phenoxy) is 1. The van der Waals surface area contributed by atoms with E-state index in [2.05, 4.69) is 17.2 Å². The van der Waals surface area contributed by atoms with Crippen molar-refractivity contribution in [2.24, 2.45) is 0 Å². The Labute approximate surface area is 123 Å². The van der Waals surface area contributed by atoms with Gasteiger partial charge in [-0.1, -0.05) is 42.3 Å². The van der Waals surface area contributed by atoms with Crippen LogP contribution in [0, 0.1) is 0 Å². The molecule has 2 rings (SSSR count). The monoisotopic (exact) mass is 295 g/mol. The molecule has 108 valence electrons. The zero-order chi connectivity index (χ0) is 14.4. The summed E-state index contributed by atoms with van der Waals surface area (Å²) in [6.07, 6.45) is 2.08. The Bertz CT molecular complexity index is 557. The molecule has 0 aliphatic carbocycles. The van der Waals surface area contributed by atoms with Gasteiger partial charge in [0.2, 0.25) is 0 Å². The molecule has 0 atom stereocenters. The number of aliphatic hydroxyl groups is 1. The Kier molecular flexibility index (Phi) is 5.38. The van der Waals surface area contributed by atoms with Crippen molar-refractivity contribution in [2.45, 2.75) is 39.5 Å². The van der Waals surface area contributed by atoms with Gasteiger partial charge >= 0.3 is 0 Å². The quantitative estimate of drug-likeness (QED) is 0.853. The van der Waals surface area contributed by atoms with Crippen molar-refractivity contribution in [2.75, 3.05) is 0 Å². The van der Waals surface area contributed by atoms with Gasteiger partial charge in [-0.3, -0.25) is 0 Å². The molecule has 0 unspecified atom stereocenters. The molecule has 20 heavy (non-hydrogen) atoms. The fraction of sp³-hybridized carbons (Fsp3) is 0.429.